The van der Waals surface area contributed by atoms with Gasteiger partial charge in [0.15, 0.2) is 11.5 Å². The number of amides is 1. The average molecular weight is 578 g/mol. The van der Waals surface area contributed by atoms with E-state index in [0.29, 0.717) is 42.4 Å². The van der Waals surface area contributed by atoms with Gasteiger partial charge in [-0.25, -0.2) is 29.4 Å². The molecule has 43 heavy (non-hydrogen) atoms. The van der Waals surface area contributed by atoms with E-state index >= 15 is 0 Å². The highest BCUT2D eigenvalue weighted by Gasteiger charge is 2.28. The third-order valence-corrected chi connectivity index (χ3v) is 7.63. The summed E-state index contributed by atoms with van der Waals surface area (Å²) in [5.41, 5.74) is 6.63. The number of hydrogen-bond acceptors (Lipinski definition) is 10. The first kappa shape index (κ1) is 28.2. The van der Waals surface area contributed by atoms with Crippen molar-refractivity contribution in [1.29, 1.82) is 0 Å². The molecular weight excluding hydrogens is 542 g/mol. The lowest BCUT2D eigenvalue weighted by Crippen LogP contribution is -2.54. The molecule has 1 saturated heterocycles. The Hall–Kier alpha value is -4.97. The summed E-state index contributed by atoms with van der Waals surface area (Å²) in [7, 11) is 3.96. The number of aromatic nitrogens is 7. The van der Waals surface area contributed by atoms with E-state index in [1.807, 2.05) is 36.2 Å². The van der Waals surface area contributed by atoms with Crippen LogP contribution < -0.4 is 10.2 Å². The molecule has 6 rings (SSSR count). The predicted molar refractivity (Wildman–Crippen MR) is 166 cm³/mol. The number of rotatable bonds is 8. The van der Waals surface area contributed by atoms with Crippen LogP contribution in [-0.2, 0) is 11.2 Å². The zero-order valence-electron chi connectivity index (χ0n) is 24.8. The van der Waals surface area contributed by atoms with E-state index in [1.54, 1.807) is 23.1 Å². The number of nitrogens with one attached hydrogen (secondary N) is 1. The summed E-state index contributed by atoms with van der Waals surface area (Å²) in [5.74, 6) is 1.25. The van der Waals surface area contributed by atoms with Crippen LogP contribution in [0.4, 0.5) is 17.5 Å². The SMILES string of the molecule is Cc1cc(Nc2ncnc3cnc(N4CCN(C(=O)/C=C/CN(C)C)[C@H](C)C4)nc23)ccc1Cc1ccn2ncnc2c1. The predicted octanol–water partition coefficient (Wildman–Crippen LogP) is 3.26. The third-order valence-electron chi connectivity index (χ3n) is 7.63. The van der Waals surface area contributed by atoms with Gasteiger partial charge in [0.1, 0.15) is 23.7 Å². The fourth-order valence-corrected chi connectivity index (χ4v) is 5.31. The van der Waals surface area contributed by atoms with Gasteiger partial charge in [-0.15, -0.1) is 0 Å². The van der Waals surface area contributed by atoms with Crippen molar-refractivity contribution in [3.05, 3.63) is 84.2 Å². The second-order valence-corrected chi connectivity index (χ2v) is 11.2. The molecule has 0 spiro atoms. The molecule has 1 aliphatic heterocycles. The lowest BCUT2D eigenvalue weighted by atomic mass is 10.0. The molecule has 1 N–H and O–H groups in total. The van der Waals surface area contributed by atoms with Crippen LogP contribution in [0.5, 0.6) is 0 Å². The zero-order chi connectivity index (χ0) is 29.9. The Labute approximate surface area is 250 Å². The molecule has 1 atom stereocenters. The molecular formula is C31H35N11O. The number of pyridine rings is 1. The molecule has 0 aliphatic carbocycles. The number of anilines is 3. The van der Waals surface area contributed by atoms with Gasteiger partial charge >= 0.3 is 0 Å². The first-order valence-corrected chi connectivity index (χ1v) is 14.3. The van der Waals surface area contributed by atoms with E-state index in [0.717, 1.165) is 29.9 Å². The van der Waals surface area contributed by atoms with E-state index in [4.69, 9.17) is 4.98 Å². The molecule has 220 valence electrons. The van der Waals surface area contributed by atoms with Gasteiger partial charge in [0.05, 0.1) is 6.20 Å². The summed E-state index contributed by atoms with van der Waals surface area (Å²) in [6.07, 6.45) is 11.1. The number of carbonyl (C=O) groups is 1. The number of hydrogen-bond donors (Lipinski definition) is 1. The van der Waals surface area contributed by atoms with Crippen molar-refractivity contribution in [1.82, 2.24) is 44.3 Å². The van der Waals surface area contributed by atoms with Crippen LogP contribution in [-0.4, -0.2) is 96.6 Å². The van der Waals surface area contributed by atoms with Crippen molar-refractivity contribution in [2.24, 2.45) is 0 Å². The van der Waals surface area contributed by atoms with Crippen molar-refractivity contribution in [2.45, 2.75) is 26.3 Å². The number of likely N-dealkylation sites (N-methyl/N-ethyl adjacent to an activating group) is 1. The molecule has 1 amide bonds. The number of fused-ring (bicyclic) bond motifs is 2. The molecule has 1 aliphatic rings. The van der Waals surface area contributed by atoms with Crippen LogP contribution in [0, 0.1) is 6.92 Å². The fourth-order valence-electron chi connectivity index (χ4n) is 5.31. The number of aryl methyl sites for hydroxylation is 1. The first-order valence-electron chi connectivity index (χ1n) is 14.3. The van der Waals surface area contributed by atoms with Gasteiger partial charge in [0.2, 0.25) is 11.9 Å². The summed E-state index contributed by atoms with van der Waals surface area (Å²) in [6, 6.07) is 10.5. The van der Waals surface area contributed by atoms with Crippen molar-refractivity contribution in [2.75, 3.05) is 50.5 Å². The molecule has 0 bridgehead atoms. The normalized spacial score (nSPS) is 15.7. The molecule has 0 radical (unpaired) electrons. The van der Waals surface area contributed by atoms with E-state index in [1.165, 1.54) is 17.5 Å². The van der Waals surface area contributed by atoms with Crippen LogP contribution in [0.3, 0.4) is 0 Å². The quantitative estimate of drug-likeness (QED) is 0.275. The Morgan fingerprint density at radius 3 is 2.79 bits per heavy atom. The third kappa shape index (κ3) is 6.28. The van der Waals surface area contributed by atoms with Crippen molar-refractivity contribution in [3.63, 3.8) is 0 Å². The molecule has 0 saturated carbocycles. The molecule has 4 aromatic heterocycles. The topological polar surface area (TPSA) is 121 Å². The van der Waals surface area contributed by atoms with E-state index in [-0.39, 0.29) is 11.9 Å². The highest BCUT2D eigenvalue weighted by atomic mass is 16.2. The summed E-state index contributed by atoms with van der Waals surface area (Å²) < 4.78 is 1.76. The fraction of sp³-hybridized carbons (Fsp3) is 0.323. The van der Waals surface area contributed by atoms with Crippen LogP contribution in [0.1, 0.15) is 23.6 Å². The van der Waals surface area contributed by atoms with Gasteiger partial charge < -0.3 is 20.0 Å². The van der Waals surface area contributed by atoms with Gasteiger partial charge in [0, 0.05) is 50.2 Å². The lowest BCUT2D eigenvalue weighted by Gasteiger charge is -2.39. The molecule has 5 aromatic rings. The van der Waals surface area contributed by atoms with E-state index in [9.17, 15) is 4.79 Å². The summed E-state index contributed by atoms with van der Waals surface area (Å²) in [4.78, 5) is 41.4. The smallest absolute Gasteiger partial charge is 0.246 e. The Morgan fingerprint density at radius 2 is 1.98 bits per heavy atom. The van der Waals surface area contributed by atoms with Crippen molar-refractivity contribution in [3.8, 4) is 0 Å². The Kier molecular flexibility index (Phi) is 7.93. The van der Waals surface area contributed by atoms with E-state index in [2.05, 4.69) is 79.4 Å². The minimum atomic E-state index is 0.0222. The highest BCUT2D eigenvalue weighted by molar-refractivity contribution is 5.88. The Bertz CT molecular complexity index is 1800. The highest BCUT2D eigenvalue weighted by Crippen LogP contribution is 2.26. The molecule has 1 fully saturated rings. The second kappa shape index (κ2) is 12.1. The molecule has 5 heterocycles. The van der Waals surface area contributed by atoms with Crippen molar-refractivity contribution >= 4 is 40.0 Å². The molecule has 12 heteroatoms. The van der Waals surface area contributed by atoms with Gasteiger partial charge in [-0.2, -0.15) is 5.10 Å². The second-order valence-electron chi connectivity index (χ2n) is 11.2. The Morgan fingerprint density at radius 1 is 1.09 bits per heavy atom. The molecule has 0 unspecified atom stereocenters. The van der Waals surface area contributed by atoms with Crippen LogP contribution in [0.15, 0.2) is 67.5 Å². The maximum Gasteiger partial charge on any atom is 0.246 e. The minimum Gasteiger partial charge on any atom is -0.338 e. The minimum absolute atomic E-state index is 0.0222. The summed E-state index contributed by atoms with van der Waals surface area (Å²) >= 11 is 0. The standard InChI is InChI=1S/C31H35N11O/c1-21-14-25(8-7-24(21)15-23-9-11-42-27(16-23)34-20-36-42)37-30-29-26(33-19-35-30)17-32-31(38-29)40-12-13-41(22(2)18-40)28(43)6-5-10-39(3)4/h5-9,11,14,16-17,19-20,22H,10,12-13,15,18H2,1-4H3,(H,33,35,37)/b6-5+/t22-/m1/s1. The van der Waals surface area contributed by atoms with E-state index < -0.39 is 0 Å². The first-order chi connectivity index (χ1) is 20.8. The average Bonchev–Trinajstić information content (AvgIpc) is 3.46. The number of carbonyl (C=O) groups excluding carboxylic acids is 1. The number of benzene rings is 1. The summed E-state index contributed by atoms with van der Waals surface area (Å²) in [6.45, 7) is 6.78. The maximum atomic E-state index is 12.7. The van der Waals surface area contributed by atoms with Gasteiger partial charge in [-0.3, -0.25) is 4.79 Å². The number of nitrogens with zero attached hydrogens (tertiary/aromatic N) is 10. The monoisotopic (exact) mass is 577 g/mol. The Balaban J connectivity index is 1.16. The van der Waals surface area contributed by atoms with Gasteiger partial charge in [0.25, 0.3) is 0 Å². The maximum absolute atomic E-state index is 12.7. The van der Waals surface area contributed by atoms with Gasteiger partial charge in [-0.05, 0) is 75.3 Å². The molecule has 1 aromatic carbocycles. The lowest BCUT2D eigenvalue weighted by molar-refractivity contribution is -0.128. The molecule has 12 nitrogen and oxygen atoms in total. The zero-order valence-corrected chi connectivity index (χ0v) is 24.8. The summed E-state index contributed by atoms with van der Waals surface area (Å²) in [5, 5.41) is 7.62. The van der Waals surface area contributed by atoms with Crippen molar-refractivity contribution < 1.29 is 4.79 Å². The van der Waals surface area contributed by atoms with Crippen LogP contribution >= 0.6 is 0 Å². The largest absolute Gasteiger partial charge is 0.338 e. The van der Waals surface area contributed by atoms with Gasteiger partial charge in [-0.1, -0.05) is 12.1 Å². The van der Waals surface area contributed by atoms with Crippen LogP contribution in [0.2, 0.25) is 0 Å². The van der Waals surface area contributed by atoms with Crippen LogP contribution in [0.25, 0.3) is 16.7 Å². The number of piperazine rings is 1.